The highest BCUT2D eigenvalue weighted by Gasteiger charge is 2.29. The van der Waals surface area contributed by atoms with E-state index in [-0.39, 0.29) is 6.10 Å². The van der Waals surface area contributed by atoms with Crippen LogP contribution < -0.4 is 0 Å². The first-order valence-electron chi connectivity index (χ1n) is 6.19. The van der Waals surface area contributed by atoms with E-state index in [4.69, 9.17) is 0 Å². The van der Waals surface area contributed by atoms with Crippen LogP contribution in [0.2, 0.25) is 0 Å². The molecule has 2 rings (SSSR count). The van der Waals surface area contributed by atoms with E-state index in [9.17, 15) is 5.11 Å². The molecular formula is C12H20N2OS. The lowest BCUT2D eigenvalue weighted by Crippen LogP contribution is -2.21. The zero-order valence-electron chi connectivity index (χ0n) is 10.0. The Bertz CT molecular complexity index is 340. The molecule has 0 radical (unpaired) electrons. The highest BCUT2D eigenvalue weighted by molar-refractivity contribution is 7.05. The van der Waals surface area contributed by atoms with E-state index in [2.05, 4.69) is 16.5 Å². The number of aromatic nitrogens is 2. The zero-order valence-corrected chi connectivity index (χ0v) is 10.8. The van der Waals surface area contributed by atoms with Gasteiger partial charge in [-0.15, -0.1) is 5.10 Å². The summed E-state index contributed by atoms with van der Waals surface area (Å²) in [5.74, 6) is 1.22. The summed E-state index contributed by atoms with van der Waals surface area (Å²) in [5, 5.41) is 14.3. The second-order valence-electron chi connectivity index (χ2n) is 4.87. The molecule has 1 aromatic rings. The number of hydrogen-bond acceptors (Lipinski definition) is 4. The van der Waals surface area contributed by atoms with Gasteiger partial charge in [0.2, 0.25) is 0 Å². The van der Waals surface area contributed by atoms with Gasteiger partial charge in [0.05, 0.1) is 16.7 Å². The van der Waals surface area contributed by atoms with Crippen LogP contribution in [0, 0.1) is 18.8 Å². The molecule has 3 nitrogen and oxygen atoms in total. The van der Waals surface area contributed by atoms with Crippen LogP contribution in [0.15, 0.2) is 0 Å². The van der Waals surface area contributed by atoms with Crippen LogP contribution in [0.3, 0.4) is 0 Å². The number of aryl methyl sites for hydroxylation is 1. The van der Waals surface area contributed by atoms with Crippen molar-refractivity contribution in [2.75, 3.05) is 0 Å². The maximum atomic E-state index is 10.4. The summed E-state index contributed by atoms with van der Waals surface area (Å²) >= 11 is 1.35. The second kappa shape index (κ2) is 5.23. The third-order valence-corrected chi connectivity index (χ3v) is 4.70. The summed E-state index contributed by atoms with van der Waals surface area (Å²) in [5.41, 5.74) is 0.899. The van der Waals surface area contributed by atoms with Gasteiger partial charge in [0.1, 0.15) is 0 Å². The molecule has 1 fully saturated rings. The zero-order chi connectivity index (χ0) is 11.5. The molecule has 1 N–H and O–H groups in total. The van der Waals surface area contributed by atoms with Crippen molar-refractivity contribution < 1.29 is 5.11 Å². The lowest BCUT2D eigenvalue weighted by atomic mass is 9.77. The Kier molecular flexibility index (Phi) is 3.92. The van der Waals surface area contributed by atoms with Gasteiger partial charge in [-0.25, -0.2) is 0 Å². The largest absolute Gasteiger partial charge is 0.387 e. The number of nitrogens with zero attached hydrogens (tertiary/aromatic N) is 2. The molecule has 0 aliphatic heterocycles. The maximum absolute atomic E-state index is 10.4. The predicted octanol–water partition coefficient (Wildman–Crippen LogP) is 3.10. The number of rotatable bonds is 3. The van der Waals surface area contributed by atoms with Crippen LogP contribution in [0.1, 0.15) is 55.7 Å². The van der Waals surface area contributed by atoms with E-state index < -0.39 is 0 Å². The fourth-order valence-electron chi connectivity index (χ4n) is 2.71. The minimum atomic E-state index is -0.339. The van der Waals surface area contributed by atoms with Crippen LogP contribution in [0.5, 0.6) is 0 Å². The average Bonchev–Trinajstić information content (AvgIpc) is 2.74. The van der Waals surface area contributed by atoms with E-state index in [0.29, 0.717) is 5.92 Å². The summed E-state index contributed by atoms with van der Waals surface area (Å²) in [6.07, 6.45) is 5.80. The van der Waals surface area contributed by atoms with Crippen LogP contribution in [-0.4, -0.2) is 14.7 Å². The summed E-state index contributed by atoms with van der Waals surface area (Å²) < 4.78 is 3.91. The summed E-state index contributed by atoms with van der Waals surface area (Å²) in [4.78, 5) is 0.974. The molecule has 16 heavy (non-hydrogen) atoms. The molecule has 0 saturated heterocycles. The Balaban J connectivity index is 2.04. The highest BCUT2D eigenvalue weighted by atomic mass is 32.1. The van der Waals surface area contributed by atoms with Gasteiger partial charge in [-0.2, -0.15) is 0 Å². The second-order valence-corrected chi connectivity index (χ2v) is 5.65. The van der Waals surface area contributed by atoms with E-state index in [1.165, 1.54) is 30.8 Å². The van der Waals surface area contributed by atoms with Crippen LogP contribution >= 0.6 is 11.5 Å². The van der Waals surface area contributed by atoms with Crippen molar-refractivity contribution in [2.24, 2.45) is 11.8 Å². The molecule has 0 aromatic carbocycles. The lowest BCUT2D eigenvalue weighted by molar-refractivity contribution is 0.0699. The Morgan fingerprint density at radius 2 is 2.31 bits per heavy atom. The quantitative estimate of drug-likeness (QED) is 0.883. The average molecular weight is 240 g/mol. The molecule has 1 aliphatic rings. The Hall–Kier alpha value is -0.480. The van der Waals surface area contributed by atoms with E-state index in [1.807, 2.05) is 6.92 Å². The number of aliphatic hydroxyl groups is 1. The molecule has 0 bridgehead atoms. The van der Waals surface area contributed by atoms with E-state index in [1.54, 1.807) is 0 Å². The van der Waals surface area contributed by atoms with E-state index >= 15 is 0 Å². The molecule has 3 unspecified atom stereocenters. The van der Waals surface area contributed by atoms with Crippen LogP contribution in [0.25, 0.3) is 0 Å². The molecule has 0 spiro atoms. The lowest BCUT2D eigenvalue weighted by Gasteiger charge is -2.31. The molecule has 0 amide bonds. The Morgan fingerprint density at radius 1 is 1.50 bits per heavy atom. The molecular weight excluding hydrogens is 220 g/mol. The summed E-state index contributed by atoms with van der Waals surface area (Å²) in [7, 11) is 0. The minimum absolute atomic E-state index is 0.339. The third kappa shape index (κ3) is 2.43. The van der Waals surface area contributed by atoms with Gasteiger partial charge in [-0.1, -0.05) is 30.7 Å². The first kappa shape index (κ1) is 12.0. The molecule has 1 saturated carbocycles. The van der Waals surface area contributed by atoms with Crippen molar-refractivity contribution in [3.8, 4) is 0 Å². The van der Waals surface area contributed by atoms with Gasteiger partial charge in [0.15, 0.2) is 0 Å². The van der Waals surface area contributed by atoms with Gasteiger partial charge in [0, 0.05) is 0 Å². The smallest absolute Gasteiger partial charge is 0.0945 e. The van der Waals surface area contributed by atoms with Gasteiger partial charge >= 0.3 is 0 Å². The first-order chi connectivity index (χ1) is 7.72. The predicted molar refractivity (Wildman–Crippen MR) is 65.3 cm³/mol. The number of hydrogen-bond donors (Lipinski definition) is 1. The standard InChI is InChI=1S/C12H20N2OS/c1-3-9-5-4-6-10(7-9)11(15)12-8(2)13-14-16-12/h9-11,15H,3-7H2,1-2H3. The van der Waals surface area contributed by atoms with Crippen molar-refractivity contribution in [1.82, 2.24) is 9.59 Å². The SMILES string of the molecule is CCC1CCCC(C(O)c2snnc2C)C1. The Morgan fingerprint density at radius 3 is 2.94 bits per heavy atom. The van der Waals surface area contributed by atoms with E-state index in [0.717, 1.165) is 29.3 Å². The monoisotopic (exact) mass is 240 g/mol. The van der Waals surface area contributed by atoms with Crippen molar-refractivity contribution in [3.05, 3.63) is 10.6 Å². The minimum Gasteiger partial charge on any atom is -0.387 e. The first-order valence-corrected chi connectivity index (χ1v) is 6.96. The molecule has 1 aliphatic carbocycles. The summed E-state index contributed by atoms with van der Waals surface area (Å²) in [6.45, 7) is 4.18. The van der Waals surface area contributed by atoms with Crippen molar-refractivity contribution in [1.29, 1.82) is 0 Å². The van der Waals surface area contributed by atoms with Crippen molar-refractivity contribution in [2.45, 2.75) is 52.1 Å². The van der Waals surface area contributed by atoms with Crippen molar-refractivity contribution in [3.63, 3.8) is 0 Å². The highest BCUT2D eigenvalue weighted by Crippen LogP contribution is 2.39. The molecule has 1 heterocycles. The van der Waals surface area contributed by atoms with Gasteiger partial charge in [-0.3, -0.25) is 0 Å². The van der Waals surface area contributed by atoms with Crippen LogP contribution in [-0.2, 0) is 0 Å². The van der Waals surface area contributed by atoms with Crippen LogP contribution in [0.4, 0.5) is 0 Å². The van der Waals surface area contributed by atoms with Gasteiger partial charge in [0.25, 0.3) is 0 Å². The topological polar surface area (TPSA) is 46.0 Å². The number of aliphatic hydroxyl groups excluding tert-OH is 1. The van der Waals surface area contributed by atoms with Gasteiger partial charge < -0.3 is 5.11 Å². The Labute approximate surface area is 101 Å². The fourth-order valence-corrected chi connectivity index (χ4v) is 3.44. The summed E-state index contributed by atoms with van der Waals surface area (Å²) in [6, 6.07) is 0. The van der Waals surface area contributed by atoms with Gasteiger partial charge in [-0.05, 0) is 43.1 Å². The fraction of sp³-hybridized carbons (Fsp3) is 0.833. The molecule has 4 heteroatoms. The molecule has 1 aromatic heterocycles. The molecule has 90 valence electrons. The maximum Gasteiger partial charge on any atom is 0.0945 e. The normalized spacial score (nSPS) is 27.9. The molecule has 3 atom stereocenters. The third-order valence-electron chi connectivity index (χ3n) is 3.80. The van der Waals surface area contributed by atoms with Crippen molar-refractivity contribution >= 4 is 11.5 Å².